The molecule has 0 bridgehead atoms. The maximum absolute atomic E-state index is 10.6. The van der Waals surface area contributed by atoms with Crippen LogP contribution in [0.3, 0.4) is 0 Å². The Morgan fingerprint density at radius 1 is 1.36 bits per heavy atom. The Morgan fingerprint density at radius 3 is 2.82 bits per heavy atom. The van der Waals surface area contributed by atoms with Crippen molar-refractivity contribution in [3.8, 4) is 0 Å². The third kappa shape index (κ3) is 2.56. The van der Waals surface area contributed by atoms with E-state index < -0.39 is 6.10 Å². The SMILES string of the molecule is C=C1CC[C@H]2C(C)(C)CCC[C@]2(C)[C@@H]1C[C@H](O)c1ccoc1. The van der Waals surface area contributed by atoms with Crippen molar-refractivity contribution in [2.24, 2.45) is 22.7 Å². The molecule has 1 aromatic heterocycles. The van der Waals surface area contributed by atoms with Crippen LogP contribution in [0.2, 0.25) is 0 Å². The van der Waals surface area contributed by atoms with Gasteiger partial charge in [0.2, 0.25) is 0 Å². The molecule has 2 saturated carbocycles. The van der Waals surface area contributed by atoms with Gasteiger partial charge in [0.05, 0.1) is 18.6 Å². The summed E-state index contributed by atoms with van der Waals surface area (Å²) in [6, 6.07) is 1.88. The van der Waals surface area contributed by atoms with Gasteiger partial charge in [-0.1, -0.05) is 39.3 Å². The van der Waals surface area contributed by atoms with Crippen molar-refractivity contribution in [1.29, 1.82) is 0 Å². The van der Waals surface area contributed by atoms with E-state index in [4.69, 9.17) is 4.42 Å². The number of aliphatic hydroxyl groups excluding tert-OH is 1. The van der Waals surface area contributed by atoms with E-state index >= 15 is 0 Å². The van der Waals surface area contributed by atoms with E-state index in [1.807, 2.05) is 6.07 Å². The molecule has 2 aliphatic carbocycles. The molecule has 1 N–H and O–H groups in total. The topological polar surface area (TPSA) is 33.4 Å². The van der Waals surface area contributed by atoms with E-state index in [-0.39, 0.29) is 5.41 Å². The molecule has 0 unspecified atom stereocenters. The smallest absolute Gasteiger partial charge is 0.0960 e. The van der Waals surface area contributed by atoms with Gasteiger partial charge in [-0.2, -0.15) is 0 Å². The maximum Gasteiger partial charge on any atom is 0.0960 e. The molecule has 0 amide bonds. The monoisotopic (exact) mass is 302 g/mol. The fourth-order valence-corrected chi connectivity index (χ4v) is 5.53. The van der Waals surface area contributed by atoms with E-state index in [0.717, 1.165) is 24.3 Å². The lowest BCUT2D eigenvalue weighted by Crippen LogP contribution is -2.49. The summed E-state index contributed by atoms with van der Waals surface area (Å²) in [6.45, 7) is 11.7. The van der Waals surface area contributed by atoms with Crippen LogP contribution >= 0.6 is 0 Å². The van der Waals surface area contributed by atoms with E-state index in [0.29, 0.717) is 11.3 Å². The van der Waals surface area contributed by atoms with Crippen LogP contribution in [0.4, 0.5) is 0 Å². The molecule has 2 nitrogen and oxygen atoms in total. The molecule has 1 aromatic rings. The van der Waals surface area contributed by atoms with Crippen molar-refractivity contribution >= 4 is 0 Å². The first-order chi connectivity index (χ1) is 10.3. The van der Waals surface area contributed by atoms with Crippen molar-refractivity contribution in [1.82, 2.24) is 0 Å². The highest BCUT2D eigenvalue weighted by Gasteiger charge is 2.53. The lowest BCUT2D eigenvalue weighted by Gasteiger charge is -2.58. The first kappa shape index (κ1) is 15.9. The summed E-state index contributed by atoms with van der Waals surface area (Å²) >= 11 is 0. The second kappa shape index (κ2) is 5.56. The van der Waals surface area contributed by atoms with Gasteiger partial charge < -0.3 is 9.52 Å². The highest BCUT2D eigenvalue weighted by molar-refractivity contribution is 5.18. The molecule has 1 heterocycles. The summed E-state index contributed by atoms with van der Waals surface area (Å²) in [7, 11) is 0. The zero-order valence-electron chi connectivity index (χ0n) is 14.3. The Morgan fingerprint density at radius 2 is 2.14 bits per heavy atom. The largest absolute Gasteiger partial charge is 0.472 e. The zero-order valence-corrected chi connectivity index (χ0v) is 14.3. The number of hydrogen-bond donors (Lipinski definition) is 1. The first-order valence-electron chi connectivity index (χ1n) is 8.72. The standard InChI is InChI=1S/C20H30O2/c1-14-6-7-18-19(2,3)9-5-10-20(18,4)16(14)12-17(21)15-8-11-22-13-15/h8,11,13,16-18,21H,1,5-7,9-10,12H2,2-4H3/t16-,17+,18+,20-/m1/s1. The van der Waals surface area contributed by atoms with Crippen LogP contribution in [0.25, 0.3) is 0 Å². The molecule has 0 radical (unpaired) electrons. The number of hydrogen-bond acceptors (Lipinski definition) is 2. The van der Waals surface area contributed by atoms with Crippen LogP contribution in [0.5, 0.6) is 0 Å². The Hall–Kier alpha value is -1.02. The molecule has 122 valence electrons. The highest BCUT2D eigenvalue weighted by Crippen LogP contribution is 2.62. The van der Waals surface area contributed by atoms with Gasteiger partial charge in [-0.25, -0.2) is 0 Å². The van der Waals surface area contributed by atoms with E-state index in [9.17, 15) is 5.11 Å². The number of furan rings is 1. The Bertz CT molecular complexity index is 528. The van der Waals surface area contributed by atoms with Crippen molar-refractivity contribution in [2.45, 2.75) is 65.4 Å². The number of allylic oxidation sites excluding steroid dienone is 1. The van der Waals surface area contributed by atoms with Gasteiger partial charge in [-0.05, 0) is 60.8 Å². The molecule has 2 fully saturated rings. The molecule has 0 spiro atoms. The van der Waals surface area contributed by atoms with Gasteiger partial charge in [0.15, 0.2) is 0 Å². The van der Waals surface area contributed by atoms with Gasteiger partial charge in [-0.15, -0.1) is 0 Å². The highest BCUT2D eigenvalue weighted by atomic mass is 16.3. The van der Waals surface area contributed by atoms with Crippen molar-refractivity contribution < 1.29 is 9.52 Å². The summed E-state index contributed by atoms with van der Waals surface area (Å²) in [4.78, 5) is 0. The van der Waals surface area contributed by atoms with Gasteiger partial charge in [0.1, 0.15) is 0 Å². The summed E-state index contributed by atoms with van der Waals surface area (Å²) in [5, 5.41) is 10.6. The normalized spacial score (nSPS) is 35.9. The molecule has 2 heteroatoms. The van der Waals surface area contributed by atoms with Crippen LogP contribution in [0, 0.1) is 22.7 Å². The van der Waals surface area contributed by atoms with Gasteiger partial charge in [-0.3, -0.25) is 0 Å². The Labute approximate surface area is 134 Å². The van der Waals surface area contributed by atoms with Gasteiger partial charge in [0, 0.05) is 5.56 Å². The van der Waals surface area contributed by atoms with Crippen LogP contribution in [-0.2, 0) is 0 Å². The second-order valence-corrected chi connectivity index (χ2v) is 8.46. The van der Waals surface area contributed by atoms with Gasteiger partial charge >= 0.3 is 0 Å². The average molecular weight is 302 g/mol. The minimum absolute atomic E-state index is 0.280. The Balaban J connectivity index is 1.86. The molecule has 0 aliphatic heterocycles. The van der Waals surface area contributed by atoms with Crippen LogP contribution in [-0.4, -0.2) is 5.11 Å². The third-order valence-electron chi connectivity index (χ3n) is 6.71. The molecule has 0 aromatic carbocycles. The molecular weight excluding hydrogens is 272 g/mol. The minimum atomic E-state index is -0.443. The summed E-state index contributed by atoms with van der Waals surface area (Å²) in [5.74, 6) is 1.15. The van der Waals surface area contributed by atoms with E-state index in [1.54, 1.807) is 12.5 Å². The summed E-state index contributed by atoms with van der Waals surface area (Å²) in [6.07, 6.45) is 9.92. The van der Waals surface area contributed by atoms with E-state index in [1.165, 1.54) is 31.3 Å². The predicted octanol–water partition coefficient (Wildman–Crippen LogP) is 5.50. The van der Waals surface area contributed by atoms with Crippen LogP contribution in [0.15, 0.2) is 35.2 Å². The first-order valence-corrected chi connectivity index (χ1v) is 8.72. The predicted molar refractivity (Wildman–Crippen MR) is 89.4 cm³/mol. The minimum Gasteiger partial charge on any atom is -0.472 e. The third-order valence-corrected chi connectivity index (χ3v) is 6.71. The average Bonchev–Trinajstić information content (AvgIpc) is 2.96. The van der Waals surface area contributed by atoms with Crippen LogP contribution < -0.4 is 0 Å². The maximum atomic E-state index is 10.6. The molecule has 2 aliphatic rings. The fourth-order valence-electron chi connectivity index (χ4n) is 5.53. The molecule has 22 heavy (non-hydrogen) atoms. The second-order valence-electron chi connectivity index (χ2n) is 8.46. The number of fused-ring (bicyclic) bond motifs is 1. The van der Waals surface area contributed by atoms with Crippen molar-refractivity contribution in [3.63, 3.8) is 0 Å². The van der Waals surface area contributed by atoms with E-state index in [2.05, 4.69) is 27.4 Å². The van der Waals surface area contributed by atoms with Crippen LogP contribution in [0.1, 0.15) is 71.0 Å². The summed E-state index contributed by atoms with van der Waals surface area (Å²) in [5.41, 5.74) is 2.93. The molecule has 3 rings (SSSR count). The molecule has 0 saturated heterocycles. The fraction of sp³-hybridized carbons (Fsp3) is 0.700. The number of rotatable bonds is 3. The zero-order chi connectivity index (χ0) is 16.0. The molecule has 4 atom stereocenters. The van der Waals surface area contributed by atoms with Crippen molar-refractivity contribution in [3.05, 3.63) is 36.3 Å². The lowest BCUT2D eigenvalue weighted by atomic mass is 9.47. The van der Waals surface area contributed by atoms with Crippen molar-refractivity contribution in [2.75, 3.05) is 0 Å². The van der Waals surface area contributed by atoms with Gasteiger partial charge in [0.25, 0.3) is 0 Å². The quantitative estimate of drug-likeness (QED) is 0.748. The molecular formula is C20H30O2. The summed E-state index contributed by atoms with van der Waals surface area (Å²) < 4.78 is 5.13. The lowest BCUT2D eigenvalue weighted by molar-refractivity contribution is -0.0638. The number of aliphatic hydroxyl groups is 1. The Kier molecular flexibility index (Phi) is 4.01.